The van der Waals surface area contributed by atoms with Crippen LogP contribution in [0.4, 0.5) is 4.39 Å². The summed E-state index contributed by atoms with van der Waals surface area (Å²) in [5, 5.41) is -0.0930. The molecule has 1 aliphatic carbocycles. The molecule has 1 unspecified atom stereocenters. The fourth-order valence-corrected chi connectivity index (χ4v) is 4.55. The number of ether oxygens (including phenoxy) is 1. The highest BCUT2D eigenvalue weighted by Crippen LogP contribution is 2.28. The molecule has 0 spiro atoms. The molecule has 26 heavy (non-hydrogen) atoms. The molecule has 0 fully saturated rings. The molecule has 2 N–H and O–H groups in total. The van der Waals surface area contributed by atoms with E-state index in [1.54, 1.807) is 13.8 Å². The second kappa shape index (κ2) is 7.02. The van der Waals surface area contributed by atoms with Crippen LogP contribution in [-0.4, -0.2) is 32.0 Å². The Labute approximate surface area is 155 Å². The SMILES string of the molecule is CCOC(=O)c1cc(S(=O)(=O)NC2Cc3cc(F)c(Cl)cc3C2)[nH]c1C. The van der Waals surface area contributed by atoms with Crippen LogP contribution in [0, 0.1) is 12.7 Å². The number of aryl methyl sites for hydroxylation is 1. The second-order valence-electron chi connectivity index (χ2n) is 6.15. The minimum Gasteiger partial charge on any atom is -0.462 e. The monoisotopic (exact) mass is 400 g/mol. The largest absolute Gasteiger partial charge is 0.462 e. The van der Waals surface area contributed by atoms with Gasteiger partial charge in [-0.05, 0) is 56.0 Å². The third-order valence-corrected chi connectivity index (χ3v) is 6.00. The first-order valence-corrected chi connectivity index (χ1v) is 9.93. The molecule has 140 valence electrons. The number of benzene rings is 1. The van der Waals surface area contributed by atoms with Crippen LogP contribution in [0.1, 0.15) is 34.1 Å². The van der Waals surface area contributed by atoms with E-state index in [4.69, 9.17) is 16.3 Å². The number of esters is 1. The van der Waals surface area contributed by atoms with Crippen LogP contribution in [0.2, 0.25) is 5.02 Å². The van der Waals surface area contributed by atoms with E-state index in [-0.39, 0.29) is 22.2 Å². The van der Waals surface area contributed by atoms with Gasteiger partial charge >= 0.3 is 5.97 Å². The lowest BCUT2D eigenvalue weighted by Gasteiger charge is -2.11. The zero-order valence-electron chi connectivity index (χ0n) is 14.2. The highest BCUT2D eigenvalue weighted by Gasteiger charge is 2.29. The van der Waals surface area contributed by atoms with Gasteiger partial charge in [-0.15, -0.1) is 0 Å². The number of aromatic nitrogens is 1. The van der Waals surface area contributed by atoms with E-state index in [9.17, 15) is 17.6 Å². The van der Waals surface area contributed by atoms with Gasteiger partial charge in [0, 0.05) is 11.7 Å². The first-order chi connectivity index (χ1) is 12.2. The summed E-state index contributed by atoms with van der Waals surface area (Å²) in [6.07, 6.45) is 0.784. The standard InChI is InChI=1S/C17H18ClFN2O4S/c1-3-25-17(22)13-8-16(20-9(13)2)26(23,24)21-12-4-10-6-14(18)15(19)7-11(10)5-12/h6-8,12,20-21H,3-5H2,1-2H3. The average Bonchev–Trinajstić information content (AvgIpc) is 3.11. The minimum atomic E-state index is -3.87. The van der Waals surface area contributed by atoms with E-state index < -0.39 is 27.9 Å². The number of sulfonamides is 1. The summed E-state index contributed by atoms with van der Waals surface area (Å²) in [5.74, 6) is -1.10. The van der Waals surface area contributed by atoms with Crippen molar-refractivity contribution < 1.29 is 22.3 Å². The smallest absolute Gasteiger partial charge is 0.339 e. The van der Waals surface area contributed by atoms with Gasteiger partial charge in [0.25, 0.3) is 10.0 Å². The maximum Gasteiger partial charge on any atom is 0.339 e. The highest BCUT2D eigenvalue weighted by molar-refractivity contribution is 7.89. The van der Waals surface area contributed by atoms with E-state index in [2.05, 4.69) is 9.71 Å². The van der Waals surface area contributed by atoms with E-state index in [1.807, 2.05) is 0 Å². The molecule has 1 aromatic heterocycles. The summed E-state index contributed by atoms with van der Waals surface area (Å²) in [5.41, 5.74) is 2.14. The predicted octanol–water partition coefficient (Wildman–Crippen LogP) is 2.74. The van der Waals surface area contributed by atoms with Crippen molar-refractivity contribution in [3.63, 3.8) is 0 Å². The van der Waals surface area contributed by atoms with Crippen LogP contribution >= 0.6 is 11.6 Å². The first-order valence-electron chi connectivity index (χ1n) is 8.07. The third-order valence-electron chi connectivity index (χ3n) is 4.27. The maximum atomic E-state index is 13.6. The van der Waals surface area contributed by atoms with Gasteiger partial charge in [-0.1, -0.05) is 11.6 Å². The van der Waals surface area contributed by atoms with Crippen molar-refractivity contribution in [2.45, 2.75) is 37.8 Å². The van der Waals surface area contributed by atoms with Crippen LogP contribution in [0.15, 0.2) is 23.2 Å². The lowest BCUT2D eigenvalue weighted by atomic mass is 10.1. The number of hydrogen-bond acceptors (Lipinski definition) is 4. The van der Waals surface area contributed by atoms with Gasteiger partial charge in [-0.3, -0.25) is 0 Å². The van der Waals surface area contributed by atoms with Gasteiger partial charge in [0.15, 0.2) is 0 Å². The maximum absolute atomic E-state index is 13.6. The van der Waals surface area contributed by atoms with Crippen molar-refractivity contribution in [1.82, 2.24) is 9.71 Å². The Morgan fingerprint density at radius 3 is 2.65 bits per heavy atom. The summed E-state index contributed by atoms with van der Waals surface area (Å²) in [4.78, 5) is 14.6. The summed E-state index contributed by atoms with van der Waals surface area (Å²) < 4.78 is 46.3. The molecule has 0 bridgehead atoms. The van der Waals surface area contributed by atoms with Crippen molar-refractivity contribution in [2.24, 2.45) is 0 Å². The molecule has 1 atom stereocenters. The molecule has 0 amide bonds. The zero-order valence-corrected chi connectivity index (χ0v) is 15.8. The molecular weight excluding hydrogens is 383 g/mol. The number of H-pyrrole nitrogens is 1. The molecule has 6 nitrogen and oxygen atoms in total. The average molecular weight is 401 g/mol. The van der Waals surface area contributed by atoms with Crippen molar-refractivity contribution in [2.75, 3.05) is 6.61 Å². The molecule has 1 aromatic carbocycles. The van der Waals surface area contributed by atoms with E-state index >= 15 is 0 Å². The fourth-order valence-electron chi connectivity index (χ4n) is 3.07. The molecular formula is C17H18ClFN2O4S. The topological polar surface area (TPSA) is 88.3 Å². The van der Waals surface area contributed by atoms with Crippen LogP contribution < -0.4 is 4.72 Å². The molecule has 0 saturated carbocycles. The zero-order chi connectivity index (χ0) is 19.1. The third kappa shape index (κ3) is 3.62. The summed E-state index contributed by atoms with van der Waals surface area (Å²) in [6.45, 7) is 3.47. The molecule has 2 aromatic rings. The van der Waals surface area contributed by atoms with Crippen LogP contribution in [0.3, 0.4) is 0 Å². The number of carbonyl (C=O) groups is 1. The second-order valence-corrected chi connectivity index (χ2v) is 8.24. The number of halogens is 2. The van der Waals surface area contributed by atoms with E-state index in [0.29, 0.717) is 18.5 Å². The molecule has 9 heteroatoms. The van der Waals surface area contributed by atoms with Gasteiger partial charge in [-0.25, -0.2) is 22.3 Å². The first kappa shape index (κ1) is 18.9. The van der Waals surface area contributed by atoms with Crippen molar-refractivity contribution in [3.8, 4) is 0 Å². The number of carbonyl (C=O) groups excluding carboxylic acids is 1. The molecule has 0 radical (unpaired) electrons. The van der Waals surface area contributed by atoms with Gasteiger partial charge in [0.1, 0.15) is 10.8 Å². The molecule has 1 heterocycles. The van der Waals surface area contributed by atoms with Crippen molar-refractivity contribution in [3.05, 3.63) is 51.4 Å². The quantitative estimate of drug-likeness (QED) is 0.755. The Morgan fingerprint density at radius 1 is 1.35 bits per heavy atom. The van der Waals surface area contributed by atoms with E-state index in [0.717, 1.165) is 11.1 Å². The predicted molar refractivity (Wildman–Crippen MR) is 94.4 cm³/mol. The van der Waals surface area contributed by atoms with Crippen LogP contribution in [0.25, 0.3) is 0 Å². The Morgan fingerprint density at radius 2 is 2.00 bits per heavy atom. The molecule has 0 saturated heterocycles. The van der Waals surface area contributed by atoms with Crippen molar-refractivity contribution in [1.29, 1.82) is 0 Å². The van der Waals surface area contributed by atoms with Crippen molar-refractivity contribution >= 4 is 27.6 Å². The Balaban J connectivity index is 1.78. The summed E-state index contributed by atoms with van der Waals surface area (Å²) >= 11 is 5.78. The number of nitrogens with one attached hydrogen (secondary N) is 2. The van der Waals surface area contributed by atoms with Gasteiger partial charge in [0.2, 0.25) is 0 Å². The fraction of sp³-hybridized carbons (Fsp3) is 0.353. The Hall–Kier alpha value is -1.90. The van der Waals surface area contributed by atoms with Crippen LogP contribution in [-0.2, 0) is 27.6 Å². The summed E-state index contributed by atoms with van der Waals surface area (Å²) in [6, 6.07) is 3.71. The number of fused-ring (bicyclic) bond motifs is 1. The number of hydrogen-bond donors (Lipinski definition) is 2. The number of rotatable bonds is 5. The lowest BCUT2D eigenvalue weighted by molar-refractivity contribution is 0.0525. The Kier molecular flexibility index (Phi) is 5.09. The summed E-state index contributed by atoms with van der Waals surface area (Å²) in [7, 11) is -3.87. The van der Waals surface area contributed by atoms with Gasteiger partial charge < -0.3 is 9.72 Å². The van der Waals surface area contributed by atoms with E-state index in [1.165, 1.54) is 18.2 Å². The highest BCUT2D eigenvalue weighted by atomic mass is 35.5. The lowest BCUT2D eigenvalue weighted by Crippen LogP contribution is -2.35. The molecule has 1 aliphatic rings. The normalized spacial score (nSPS) is 16.5. The minimum absolute atomic E-state index is 0.0197. The van der Waals surface area contributed by atoms with Gasteiger partial charge in [0.05, 0.1) is 17.2 Å². The molecule has 0 aliphatic heterocycles. The Bertz CT molecular complexity index is 940. The van der Waals surface area contributed by atoms with Crippen LogP contribution in [0.5, 0.6) is 0 Å². The number of aromatic amines is 1. The molecule has 3 rings (SSSR count). The van der Waals surface area contributed by atoms with Gasteiger partial charge in [-0.2, -0.15) is 0 Å².